The SMILES string of the molecule is COCCCN(C)S(=O)(=O)c1ccc(OCCCN)cc1. The normalized spacial score (nSPS) is 11.8. The summed E-state index contributed by atoms with van der Waals surface area (Å²) < 4.78 is 36.4. The Morgan fingerprint density at radius 1 is 1.14 bits per heavy atom. The highest BCUT2D eigenvalue weighted by Gasteiger charge is 2.20. The zero-order chi connectivity index (χ0) is 15.7. The van der Waals surface area contributed by atoms with Gasteiger partial charge in [0.25, 0.3) is 0 Å². The number of sulfonamides is 1. The lowest BCUT2D eigenvalue weighted by Gasteiger charge is -2.17. The van der Waals surface area contributed by atoms with E-state index in [4.69, 9.17) is 15.2 Å². The Balaban J connectivity index is 2.66. The third-order valence-corrected chi connectivity index (χ3v) is 4.84. The van der Waals surface area contributed by atoms with Gasteiger partial charge in [-0.2, -0.15) is 0 Å². The van der Waals surface area contributed by atoms with E-state index in [0.717, 1.165) is 6.42 Å². The highest BCUT2D eigenvalue weighted by Crippen LogP contribution is 2.19. The summed E-state index contributed by atoms with van der Waals surface area (Å²) >= 11 is 0. The van der Waals surface area contributed by atoms with E-state index in [1.54, 1.807) is 38.4 Å². The minimum atomic E-state index is -3.46. The Morgan fingerprint density at radius 2 is 1.81 bits per heavy atom. The molecule has 21 heavy (non-hydrogen) atoms. The number of hydrogen-bond donors (Lipinski definition) is 1. The van der Waals surface area contributed by atoms with Gasteiger partial charge in [0.05, 0.1) is 11.5 Å². The molecule has 0 aliphatic rings. The van der Waals surface area contributed by atoms with Gasteiger partial charge in [0, 0.05) is 27.3 Å². The highest BCUT2D eigenvalue weighted by atomic mass is 32.2. The molecule has 0 spiro atoms. The Hall–Kier alpha value is -1.15. The van der Waals surface area contributed by atoms with E-state index in [-0.39, 0.29) is 4.90 Å². The van der Waals surface area contributed by atoms with Crippen LogP contribution in [0.4, 0.5) is 0 Å². The third-order valence-electron chi connectivity index (χ3n) is 2.97. The Labute approximate surface area is 126 Å². The summed E-state index contributed by atoms with van der Waals surface area (Å²) in [6.45, 7) is 2.05. The van der Waals surface area contributed by atoms with Crippen LogP contribution in [0.5, 0.6) is 5.75 Å². The van der Waals surface area contributed by atoms with Gasteiger partial charge < -0.3 is 15.2 Å². The zero-order valence-corrected chi connectivity index (χ0v) is 13.4. The van der Waals surface area contributed by atoms with E-state index in [9.17, 15) is 8.42 Å². The van der Waals surface area contributed by atoms with E-state index in [1.807, 2.05) is 0 Å². The largest absolute Gasteiger partial charge is 0.494 e. The van der Waals surface area contributed by atoms with Crippen LogP contribution in [0.1, 0.15) is 12.8 Å². The van der Waals surface area contributed by atoms with Crippen LogP contribution >= 0.6 is 0 Å². The molecule has 0 amide bonds. The fourth-order valence-corrected chi connectivity index (χ4v) is 2.92. The predicted octanol–water partition coefficient (Wildman–Crippen LogP) is 1.07. The first-order valence-corrected chi connectivity index (χ1v) is 8.34. The van der Waals surface area contributed by atoms with Gasteiger partial charge >= 0.3 is 0 Å². The summed E-state index contributed by atoms with van der Waals surface area (Å²) in [5.74, 6) is 0.643. The van der Waals surface area contributed by atoms with Gasteiger partial charge in [0.1, 0.15) is 5.75 Å². The van der Waals surface area contributed by atoms with Crippen molar-refractivity contribution in [3.05, 3.63) is 24.3 Å². The van der Waals surface area contributed by atoms with Crippen LogP contribution in [0.25, 0.3) is 0 Å². The van der Waals surface area contributed by atoms with Crippen molar-refractivity contribution in [2.24, 2.45) is 5.73 Å². The lowest BCUT2D eigenvalue weighted by Crippen LogP contribution is -2.28. The van der Waals surface area contributed by atoms with E-state index >= 15 is 0 Å². The van der Waals surface area contributed by atoms with E-state index in [1.165, 1.54) is 4.31 Å². The molecular weight excluding hydrogens is 292 g/mol. The summed E-state index contributed by atoms with van der Waals surface area (Å²) in [5.41, 5.74) is 5.38. The molecule has 0 bridgehead atoms. The Kier molecular flexibility index (Phi) is 7.66. The zero-order valence-electron chi connectivity index (χ0n) is 12.6. The van der Waals surface area contributed by atoms with Gasteiger partial charge in [-0.1, -0.05) is 0 Å². The fourth-order valence-electron chi connectivity index (χ4n) is 1.71. The maximum atomic E-state index is 12.3. The molecule has 0 fully saturated rings. The van der Waals surface area contributed by atoms with Crippen LogP contribution in [0.2, 0.25) is 0 Å². The molecule has 0 atom stereocenters. The van der Waals surface area contributed by atoms with E-state index in [0.29, 0.717) is 38.5 Å². The first-order valence-electron chi connectivity index (χ1n) is 6.90. The Morgan fingerprint density at radius 3 is 2.38 bits per heavy atom. The number of nitrogens with zero attached hydrogens (tertiary/aromatic N) is 1. The molecule has 1 rings (SSSR count). The molecule has 7 heteroatoms. The monoisotopic (exact) mass is 316 g/mol. The summed E-state index contributed by atoms with van der Waals surface area (Å²) in [4.78, 5) is 0.258. The van der Waals surface area contributed by atoms with Crippen molar-refractivity contribution in [2.45, 2.75) is 17.7 Å². The van der Waals surface area contributed by atoms with E-state index in [2.05, 4.69) is 0 Å². The second-order valence-corrected chi connectivity index (χ2v) is 6.68. The lowest BCUT2D eigenvalue weighted by atomic mass is 10.3. The van der Waals surface area contributed by atoms with Crippen LogP contribution in [-0.2, 0) is 14.8 Å². The molecule has 0 saturated heterocycles. The van der Waals surface area contributed by atoms with Crippen molar-refractivity contribution in [1.82, 2.24) is 4.31 Å². The smallest absolute Gasteiger partial charge is 0.242 e. The standard InChI is InChI=1S/C14H24N2O4S/c1-16(10-4-11-19-2)21(17,18)14-7-5-13(6-8-14)20-12-3-9-15/h5-8H,3-4,9-12,15H2,1-2H3. The van der Waals surface area contributed by atoms with Crippen LogP contribution in [0.15, 0.2) is 29.2 Å². The van der Waals surface area contributed by atoms with Crippen molar-refractivity contribution in [1.29, 1.82) is 0 Å². The predicted molar refractivity (Wildman–Crippen MR) is 81.9 cm³/mol. The van der Waals surface area contributed by atoms with Crippen LogP contribution in [0, 0.1) is 0 Å². The number of nitrogens with two attached hydrogens (primary N) is 1. The van der Waals surface area contributed by atoms with Crippen molar-refractivity contribution in [3.8, 4) is 5.75 Å². The van der Waals surface area contributed by atoms with Gasteiger partial charge in [0.15, 0.2) is 0 Å². The van der Waals surface area contributed by atoms with Crippen LogP contribution < -0.4 is 10.5 Å². The first kappa shape index (κ1) is 17.9. The van der Waals surface area contributed by atoms with Crippen LogP contribution in [0.3, 0.4) is 0 Å². The molecule has 1 aromatic carbocycles. The second-order valence-electron chi connectivity index (χ2n) is 4.64. The summed E-state index contributed by atoms with van der Waals surface area (Å²) in [7, 11) is -0.298. The van der Waals surface area contributed by atoms with Gasteiger partial charge in [0.2, 0.25) is 10.0 Å². The van der Waals surface area contributed by atoms with Crippen LogP contribution in [-0.4, -0.2) is 53.2 Å². The molecule has 0 radical (unpaired) electrons. The molecule has 1 aromatic rings. The maximum absolute atomic E-state index is 12.3. The highest BCUT2D eigenvalue weighted by molar-refractivity contribution is 7.89. The molecule has 0 aromatic heterocycles. The quantitative estimate of drug-likeness (QED) is 0.653. The van der Waals surface area contributed by atoms with Crippen molar-refractivity contribution >= 4 is 10.0 Å². The van der Waals surface area contributed by atoms with Crippen molar-refractivity contribution < 1.29 is 17.9 Å². The molecule has 0 heterocycles. The topological polar surface area (TPSA) is 81.9 Å². The average molecular weight is 316 g/mol. The first-order chi connectivity index (χ1) is 10.0. The molecule has 6 nitrogen and oxygen atoms in total. The van der Waals surface area contributed by atoms with Gasteiger partial charge in [-0.25, -0.2) is 12.7 Å². The number of ether oxygens (including phenoxy) is 2. The lowest BCUT2D eigenvalue weighted by molar-refractivity contribution is 0.189. The van der Waals surface area contributed by atoms with Gasteiger partial charge in [-0.15, -0.1) is 0 Å². The molecule has 0 saturated carbocycles. The third kappa shape index (κ3) is 5.62. The summed E-state index contributed by atoms with van der Waals surface area (Å²) in [6, 6.07) is 6.43. The molecule has 0 aliphatic heterocycles. The molecule has 0 unspecified atom stereocenters. The molecular formula is C14H24N2O4S. The van der Waals surface area contributed by atoms with Gasteiger partial charge in [-0.3, -0.25) is 0 Å². The van der Waals surface area contributed by atoms with Crippen molar-refractivity contribution in [3.63, 3.8) is 0 Å². The van der Waals surface area contributed by atoms with Gasteiger partial charge in [-0.05, 0) is 43.7 Å². The summed E-state index contributed by atoms with van der Waals surface area (Å²) in [5, 5.41) is 0. The summed E-state index contributed by atoms with van der Waals surface area (Å²) in [6.07, 6.45) is 1.43. The second kappa shape index (κ2) is 8.99. The fraction of sp³-hybridized carbons (Fsp3) is 0.571. The number of hydrogen-bond acceptors (Lipinski definition) is 5. The van der Waals surface area contributed by atoms with E-state index < -0.39 is 10.0 Å². The Bertz CT molecular complexity index is 502. The number of benzene rings is 1. The minimum absolute atomic E-state index is 0.258. The molecule has 2 N–H and O–H groups in total. The molecule has 0 aliphatic carbocycles. The minimum Gasteiger partial charge on any atom is -0.494 e. The number of rotatable bonds is 10. The maximum Gasteiger partial charge on any atom is 0.242 e. The molecule has 120 valence electrons. The number of methoxy groups -OCH3 is 1. The van der Waals surface area contributed by atoms with Crippen molar-refractivity contribution in [2.75, 3.05) is 40.5 Å². The average Bonchev–Trinajstić information content (AvgIpc) is 2.48.